The summed E-state index contributed by atoms with van der Waals surface area (Å²) in [4.78, 5) is 27.7. The summed E-state index contributed by atoms with van der Waals surface area (Å²) in [7, 11) is 0. The summed E-state index contributed by atoms with van der Waals surface area (Å²) >= 11 is 0. The Labute approximate surface area is 198 Å². The number of rotatable bonds is 5. The predicted octanol–water partition coefficient (Wildman–Crippen LogP) is 1.59. The standard InChI is InChI=1S/C26H31N3O5/c30-22-9-8-18-11-23(27-12-19(18)10-22)24(31)13-28-25(32)16-4-6-17(7-5-16)26(33)29-20-2-1-3-21(29)15-34-14-20/h4-10,20-21,23-24,27,30-31H,1-3,11-15H2,(H,28,32)/t20?,21?,23-,24?/m0/s1. The van der Waals surface area contributed by atoms with E-state index in [9.17, 15) is 19.8 Å². The van der Waals surface area contributed by atoms with Gasteiger partial charge in [0, 0.05) is 30.3 Å². The Balaban J connectivity index is 1.16. The van der Waals surface area contributed by atoms with Crippen LogP contribution in [-0.2, 0) is 17.7 Å². The van der Waals surface area contributed by atoms with E-state index in [-0.39, 0.29) is 42.2 Å². The van der Waals surface area contributed by atoms with Crippen LogP contribution in [0.4, 0.5) is 0 Å². The molecule has 0 spiro atoms. The van der Waals surface area contributed by atoms with Gasteiger partial charge in [0.05, 0.1) is 31.4 Å². The third kappa shape index (κ3) is 4.66. The maximum absolute atomic E-state index is 13.1. The first-order chi connectivity index (χ1) is 16.5. The van der Waals surface area contributed by atoms with Gasteiger partial charge < -0.3 is 30.5 Å². The van der Waals surface area contributed by atoms with Crippen molar-refractivity contribution in [3.63, 3.8) is 0 Å². The van der Waals surface area contributed by atoms with Crippen molar-refractivity contribution in [3.05, 3.63) is 64.7 Å². The number of phenolic OH excluding ortho intramolecular Hbond substituents is 1. The molecule has 0 aliphatic carbocycles. The molecule has 180 valence electrons. The average Bonchev–Trinajstić information content (AvgIpc) is 2.86. The molecule has 8 nitrogen and oxygen atoms in total. The topological polar surface area (TPSA) is 111 Å². The lowest BCUT2D eigenvalue weighted by Gasteiger charge is -2.45. The van der Waals surface area contributed by atoms with E-state index in [0.717, 1.165) is 30.4 Å². The summed E-state index contributed by atoms with van der Waals surface area (Å²) in [5.74, 6) is -0.0629. The number of aromatic hydroxyl groups is 1. The second kappa shape index (κ2) is 9.74. The van der Waals surface area contributed by atoms with Crippen LogP contribution in [0.25, 0.3) is 0 Å². The maximum atomic E-state index is 13.1. The van der Waals surface area contributed by atoms with E-state index < -0.39 is 6.10 Å². The lowest BCUT2D eigenvalue weighted by atomic mass is 9.92. The van der Waals surface area contributed by atoms with Crippen LogP contribution in [0.15, 0.2) is 42.5 Å². The van der Waals surface area contributed by atoms with Gasteiger partial charge in [0.15, 0.2) is 0 Å². The van der Waals surface area contributed by atoms with Gasteiger partial charge in [-0.2, -0.15) is 0 Å². The number of ether oxygens (including phenoxy) is 1. The first kappa shape index (κ1) is 22.8. The molecular weight excluding hydrogens is 434 g/mol. The van der Waals surface area contributed by atoms with Crippen molar-refractivity contribution in [3.8, 4) is 5.75 Å². The van der Waals surface area contributed by atoms with Crippen molar-refractivity contribution < 1.29 is 24.5 Å². The number of benzene rings is 2. The normalized spacial score (nSPS) is 24.7. The number of carbonyl (C=O) groups is 2. The second-order valence-corrected chi connectivity index (χ2v) is 9.49. The van der Waals surface area contributed by atoms with Gasteiger partial charge in [-0.3, -0.25) is 9.59 Å². The van der Waals surface area contributed by atoms with Crippen LogP contribution in [0.3, 0.4) is 0 Å². The molecule has 5 rings (SSSR count). The van der Waals surface area contributed by atoms with E-state index in [0.29, 0.717) is 37.3 Å². The molecule has 2 fully saturated rings. The predicted molar refractivity (Wildman–Crippen MR) is 126 cm³/mol. The minimum atomic E-state index is -0.757. The van der Waals surface area contributed by atoms with Gasteiger partial charge in [-0.25, -0.2) is 0 Å². The van der Waals surface area contributed by atoms with Gasteiger partial charge in [0.2, 0.25) is 0 Å². The maximum Gasteiger partial charge on any atom is 0.254 e. The van der Waals surface area contributed by atoms with Gasteiger partial charge in [-0.05, 0) is 73.2 Å². The molecule has 3 heterocycles. The van der Waals surface area contributed by atoms with Crippen LogP contribution < -0.4 is 10.6 Å². The molecule has 0 aromatic heterocycles. The molecule has 2 bridgehead atoms. The Bertz CT molecular complexity index is 1030. The molecule has 4 N–H and O–H groups in total. The van der Waals surface area contributed by atoms with Crippen molar-refractivity contribution in [2.24, 2.45) is 0 Å². The second-order valence-electron chi connectivity index (χ2n) is 9.49. The van der Waals surface area contributed by atoms with Gasteiger partial charge in [-0.15, -0.1) is 0 Å². The molecule has 0 saturated carbocycles. The number of hydrogen-bond donors (Lipinski definition) is 4. The minimum Gasteiger partial charge on any atom is -0.508 e. The van der Waals surface area contributed by atoms with E-state index >= 15 is 0 Å². The summed E-state index contributed by atoms with van der Waals surface area (Å²) in [6, 6.07) is 12.1. The molecule has 2 amide bonds. The average molecular weight is 466 g/mol. The van der Waals surface area contributed by atoms with Crippen LogP contribution in [0.2, 0.25) is 0 Å². The molecule has 3 aliphatic heterocycles. The number of nitrogens with one attached hydrogen (secondary N) is 2. The number of morpholine rings is 1. The number of hydrogen-bond acceptors (Lipinski definition) is 6. The fourth-order valence-electron chi connectivity index (χ4n) is 5.32. The quantitative estimate of drug-likeness (QED) is 0.534. The highest BCUT2D eigenvalue weighted by atomic mass is 16.5. The number of piperidine rings is 1. The number of nitrogens with zero attached hydrogens (tertiary/aromatic N) is 1. The van der Waals surface area contributed by atoms with Crippen molar-refractivity contribution in [1.82, 2.24) is 15.5 Å². The van der Waals surface area contributed by atoms with Crippen molar-refractivity contribution in [1.29, 1.82) is 0 Å². The minimum absolute atomic E-state index is 0.00245. The molecule has 0 radical (unpaired) electrons. The van der Waals surface area contributed by atoms with Crippen LogP contribution in [0.5, 0.6) is 5.75 Å². The first-order valence-corrected chi connectivity index (χ1v) is 12.0. The van der Waals surface area contributed by atoms with Gasteiger partial charge in [-0.1, -0.05) is 6.07 Å². The monoisotopic (exact) mass is 465 g/mol. The van der Waals surface area contributed by atoms with Crippen molar-refractivity contribution in [2.75, 3.05) is 19.8 Å². The number of phenols is 1. The van der Waals surface area contributed by atoms with E-state index in [4.69, 9.17) is 4.74 Å². The summed E-state index contributed by atoms with van der Waals surface area (Å²) in [5.41, 5.74) is 3.12. The van der Waals surface area contributed by atoms with Gasteiger partial charge >= 0.3 is 0 Å². The lowest BCUT2D eigenvalue weighted by Crippen LogP contribution is -2.57. The van der Waals surface area contributed by atoms with Crippen LogP contribution >= 0.6 is 0 Å². The third-order valence-electron chi connectivity index (χ3n) is 7.23. The van der Waals surface area contributed by atoms with Crippen molar-refractivity contribution >= 4 is 11.8 Å². The van der Waals surface area contributed by atoms with Crippen LogP contribution in [0.1, 0.15) is 51.1 Å². The number of aliphatic hydroxyl groups is 1. The summed E-state index contributed by atoms with van der Waals surface area (Å²) in [6.07, 6.45) is 2.92. The molecule has 34 heavy (non-hydrogen) atoms. The molecule has 4 atom stereocenters. The molecular formula is C26H31N3O5. The van der Waals surface area contributed by atoms with Crippen LogP contribution in [-0.4, -0.2) is 70.9 Å². The number of aliphatic hydroxyl groups excluding tert-OH is 1. The Morgan fingerprint density at radius 3 is 2.50 bits per heavy atom. The van der Waals surface area contributed by atoms with E-state index in [1.165, 1.54) is 0 Å². The van der Waals surface area contributed by atoms with E-state index in [1.807, 2.05) is 11.0 Å². The zero-order valence-corrected chi connectivity index (χ0v) is 19.1. The molecule has 2 aromatic rings. The molecule has 2 saturated heterocycles. The fourth-order valence-corrected chi connectivity index (χ4v) is 5.32. The summed E-state index contributed by atoms with van der Waals surface area (Å²) in [5, 5.41) is 26.3. The van der Waals surface area contributed by atoms with Gasteiger partial charge in [0.25, 0.3) is 11.8 Å². The summed E-state index contributed by atoms with van der Waals surface area (Å²) < 4.78 is 5.63. The van der Waals surface area contributed by atoms with E-state index in [1.54, 1.807) is 36.4 Å². The zero-order valence-electron chi connectivity index (χ0n) is 19.1. The zero-order chi connectivity index (χ0) is 23.7. The van der Waals surface area contributed by atoms with E-state index in [2.05, 4.69) is 10.6 Å². The Kier molecular flexibility index (Phi) is 6.54. The Morgan fingerprint density at radius 1 is 1.06 bits per heavy atom. The molecule has 3 unspecified atom stereocenters. The highest BCUT2D eigenvalue weighted by molar-refractivity contribution is 5.98. The fraction of sp³-hybridized carbons (Fsp3) is 0.462. The molecule has 2 aromatic carbocycles. The summed E-state index contributed by atoms with van der Waals surface area (Å²) in [6.45, 7) is 1.85. The number of fused-ring (bicyclic) bond motifs is 3. The Morgan fingerprint density at radius 2 is 1.76 bits per heavy atom. The third-order valence-corrected chi connectivity index (χ3v) is 7.23. The number of amides is 2. The Hall–Kier alpha value is -2.94. The number of carbonyl (C=O) groups excluding carboxylic acids is 2. The highest BCUT2D eigenvalue weighted by Gasteiger charge is 2.38. The lowest BCUT2D eigenvalue weighted by molar-refractivity contribution is -0.0565. The van der Waals surface area contributed by atoms with Gasteiger partial charge in [0.1, 0.15) is 5.75 Å². The van der Waals surface area contributed by atoms with Crippen molar-refractivity contribution in [2.45, 2.75) is 56.5 Å². The SMILES string of the molecule is O=C(NCC(O)[C@@H]1Cc2ccc(O)cc2CN1)c1ccc(C(=O)N2C3CCCC2COC3)cc1. The highest BCUT2D eigenvalue weighted by Crippen LogP contribution is 2.29. The smallest absolute Gasteiger partial charge is 0.254 e. The molecule has 3 aliphatic rings. The van der Waals surface area contributed by atoms with Crippen LogP contribution in [0, 0.1) is 0 Å². The molecule has 8 heteroatoms. The largest absolute Gasteiger partial charge is 0.508 e. The first-order valence-electron chi connectivity index (χ1n) is 12.0.